The largest absolute Gasteiger partial charge is 0.377 e. The molecule has 0 unspecified atom stereocenters. The lowest BCUT2D eigenvalue weighted by Crippen LogP contribution is -1.99. The molecule has 0 saturated heterocycles. The minimum Gasteiger partial charge on any atom is -0.377 e. The van der Waals surface area contributed by atoms with Crippen LogP contribution in [0.5, 0.6) is 0 Å². The van der Waals surface area contributed by atoms with E-state index in [0.29, 0.717) is 11.1 Å². The lowest BCUT2D eigenvalue weighted by atomic mass is 10.2. The summed E-state index contributed by atoms with van der Waals surface area (Å²) in [6.45, 7) is 2.19. The van der Waals surface area contributed by atoms with Crippen LogP contribution in [0.3, 0.4) is 0 Å². The van der Waals surface area contributed by atoms with E-state index in [-0.39, 0.29) is 12.2 Å². The Bertz CT molecular complexity index is 279. The van der Waals surface area contributed by atoms with E-state index in [1.807, 2.05) is 0 Å². The van der Waals surface area contributed by atoms with E-state index in [0.717, 1.165) is 0 Å². The van der Waals surface area contributed by atoms with E-state index in [9.17, 15) is 8.78 Å². The Kier molecular flexibility index (Phi) is 3.81. The fourth-order valence-electron chi connectivity index (χ4n) is 0.914. The molecule has 0 saturated carbocycles. The molecule has 13 heavy (non-hydrogen) atoms. The van der Waals surface area contributed by atoms with Crippen LogP contribution in [0.15, 0.2) is 16.6 Å². The van der Waals surface area contributed by atoms with Crippen LogP contribution in [-0.2, 0) is 11.3 Å². The molecule has 1 aromatic carbocycles. The van der Waals surface area contributed by atoms with Crippen molar-refractivity contribution in [2.75, 3.05) is 6.61 Å². The molecule has 0 amide bonds. The van der Waals surface area contributed by atoms with Crippen molar-refractivity contribution in [1.29, 1.82) is 0 Å². The summed E-state index contributed by atoms with van der Waals surface area (Å²) in [6.07, 6.45) is 0. The molecule has 0 spiro atoms. The molecule has 1 nitrogen and oxygen atoms in total. The summed E-state index contributed by atoms with van der Waals surface area (Å²) in [5, 5.41) is 0. The van der Waals surface area contributed by atoms with Crippen LogP contribution < -0.4 is 0 Å². The van der Waals surface area contributed by atoms with E-state index >= 15 is 0 Å². The van der Waals surface area contributed by atoms with Gasteiger partial charge in [0.2, 0.25) is 0 Å². The number of halogens is 3. The fraction of sp³-hybridized carbons (Fsp3) is 0.333. The molecule has 0 atom stereocenters. The predicted octanol–water partition coefficient (Wildman–Crippen LogP) is 3.26. The number of benzene rings is 1. The second-order valence-electron chi connectivity index (χ2n) is 2.49. The average molecular weight is 251 g/mol. The lowest BCUT2D eigenvalue weighted by molar-refractivity contribution is 0.128. The van der Waals surface area contributed by atoms with Crippen molar-refractivity contribution in [3.05, 3.63) is 33.8 Å². The number of rotatable bonds is 3. The van der Waals surface area contributed by atoms with Gasteiger partial charge in [0, 0.05) is 16.6 Å². The molecule has 4 heteroatoms. The summed E-state index contributed by atoms with van der Waals surface area (Å²) >= 11 is 2.99. The first-order valence-corrected chi connectivity index (χ1v) is 4.65. The van der Waals surface area contributed by atoms with Gasteiger partial charge in [-0.1, -0.05) is 15.9 Å². The first kappa shape index (κ1) is 10.6. The number of hydrogen-bond acceptors (Lipinski definition) is 1. The molecule has 0 N–H and O–H groups in total. The standard InChI is InChI=1S/C9H9BrF2O/c1-2-13-5-7-8(11)3-6(10)4-9(7)12/h3-4H,2,5H2,1H3. The van der Waals surface area contributed by atoms with Crippen molar-refractivity contribution in [2.45, 2.75) is 13.5 Å². The maximum Gasteiger partial charge on any atom is 0.132 e. The highest BCUT2D eigenvalue weighted by atomic mass is 79.9. The van der Waals surface area contributed by atoms with Gasteiger partial charge in [-0.05, 0) is 19.1 Å². The highest BCUT2D eigenvalue weighted by Crippen LogP contribution is 2.19. The molecule has 0 aliphatic heterocycles. The molecule has 0 bridgehead atoms. The maximum atomic E-state index is 13.1. The van der Waals surface area contributed by atoms with E-state index in [1.165, 1.54) is 12.1 Å². The van der Waals surface area contributed by atoms with Crippen LogP contribution in [0, 0.1) is 11.6 Å². The molecular weight excluding hydrogens is 242 g/mol. The highest BCUT2D eigenvalue weighted by Gasteiger charge is 2.09. The van der Waals surface area contributed by atoms with Gasteiger partial charge in [0.25, 0.3) is 0 Å². The summed E-state index contributed by atoms with van der Waals surface area (Å²) in [7, 11) is 0. The van der Waals surface area contributed by atoms with Gasteiger partial charge in [0.15, 0.2) is 0 Å². The van der Waals surface area contributed by atoms with Gasteiger partial charge in [-0.25, -0.2) is 8.78 Å². The zero-order valence-corrected chi connectivity index (χ0v) is 8.70. The normalized spacial score (nSPS) is 10.5. The van der Waals surface area contributed by atoms with E-state index in [1.54, 1.807) is 6.92 Å². The minimum absolute atomic E-state index is 0.0231. The van der Waals surface area contributed by atoms with Crippen LogP contribution in [-0.4, -0.2) is 6.61 Å². The first-order chi connectivity index (χ1) is 6.15. The molecule has 1 aromatic rings. The molecule has 0 heterocycles. The van der Waals surface area contributed by atoms with Gasteiger partial charge in [-0.2, -0.15) is 0 Å². The second kappa shape index (κ2) is 4.67. The van der Waals surface area contributed by atoms with E-state index < -0.39 is 11.6 Å². The van der Waals surface area contributed by atoms with Gasteiger partial charge < -0.3 is 4.74 Å². The summed E-state index contributed by atoms with van der Waals surface area (Å²) < 4.78 is 31.5. The van der Waals surface area contributed by atoms with Crippen molar-refractivity contribution in [1.82, 2.24) is 0 Å². The Hall–Kier alpha value is -0.480. The van der Waals surface area contributed by atoms with Gasteiger partial charge in [-0.3, -0.25) is 0 Å². The topological polar surface area (TPSA) is 9.23 Å². The minimum atomic E-state index is -0.583. The third kappa shape index (κ3) is 2.74. The van der Waals surface area contributed by atoms with Gasteiger partial charge >= 0.3 is 0 Å². The quantitative estimate of drug-likeness (QED) is 0.801. The monoisotopic (exact) mass is 250 g/mol. The molecule has 0 fully saturated rings. The molecule has 72 valence electrons. The third-order valence-electron chi connectivity index (χ3n) is 1.56. The predicted molar refractivity (Wildman–Crippen MR) is 49.4 cm³/mol. The summed E-state index contributed by atoms with van der Waals surface area (Å²) in [5.41, 5.74) is -0.0231. The van der Waals surface area contributed by atoms with Gasteiger partial charge in [0.05, 0.1) is 6.61 Å². The Morgan fingerprint density at radius 3 is 2.31 bits per heavy atom. The van der Waals surface area contributed by atoms with Crippen LogP contribution in [0.1, 0.15) is 12.5 Å². The zero-order valence-electron chi connectivity index (χ0n) is 7.11. The third-order valence-corrected chi connectivity index (χ3v) is 2.01. The number of ether oxygens (including phenoxy) is 1. The van der Waals surface area contributed by atoms with Crippen molar-refractivity contribution >= 4 is 15.9 Å². The Morgan fingerprint density at radius 1 is 1.31 bits per heavy atom. The number of hydrogen-bond donors (Lipinski definition) is 0. The summed E-state index contributed by atoms with van der Waals surface area (Å²) in [6, 6.07) is 2.44. The first-order valence-electron chi connectivity index (χ1n) is 3.86. The molecule has 0 aromatic heterocycles. The van der Waals surface area contributed by atoms with Crippen molar-refractivity contribution < 1.29 is 13.5 Å². The van der Waals surface area contributed by atoms with E-state index in [4.69, 9.17) is 4.74 Å². The Balaban J connectivity index is 2.92. The molecule has 0 radical (unpaired) electrons. The van der Waals surface area contributed by atoms with Crippen molar-refractivity contribution in [3.8, 4) is 0 Å². The maximum absolute atomic E-state index is 13.1. The van der Waals surface area contributed by atoms with Crippen molar-refractivity contribution in [2.24, 2.45) is 0 Å². The second-order valence-corrected chi connectivity index (χ2v) is 3.40. The smallest absolute Gasteiger partial charge is 0.132 e. The molecular formula is C9H9BrF2O. The average Bonchev–Trinajstić information content (AvgIpc) is 2.02. The Morgan fingerprint density at radius 2 is 1.85 bits per heavy atom. The molecule has 1 rings (SSSR count). The van der Waals surface area contributed by atoms with Crippen LogP contribution in [0.2, 0.25) is 0 Å². The van der Waals surface area contributed by atoms with Crippen LogP contribution >= 0.6 is 15.9 Å². The van der Waals surface area contributed by atoms with Crippen molar-refractivity contribution in [3.63, 3.8) is 0 Å². The highest BCUT2D eigenvalue weighted by molar-refractivity contribution is 9.10. The lowest BCUT2D eigenvalue weighted by Gasteiger charge is -2.05. The van der Waals surface area contributed by atoms with Crippen LogP contribution in [0.4, 0.5) is 8.78 Å². The summed E-state index contributed by atoms with van der Waals surface area (Å²) in [5.74, 6) is -1.17. The molecule has 0 aliphatic carbocycles. The van der Waals surface area contributed by atoms with Crippen LogP contribution in [0.25, 0.3) is 0 Å². The molecule has 0 aliphatic rings. The SMILES string of the molecule is CCOCc1c(F)cc(Br)cc1F. The fourth-order valence-corrected chi connectivity index (χ4v) is 1.32. The van der Waals surface area contributed by atoms with Gasteiger partial charge in [0.1, 0.15) is 11.6 Å². The Labute approximate surface area is 83.8 Å². The summed E-state index contributed by atoms with van der Waals surface area (Å²) in [4.78, 5) is 0. The van der Waals surface area contributed by atoms with E-state index in [2.05, 4.69) is 15.9 Å². The zero-order chi connectivity index (χ0) is 9.84. The van der Waals surface area contributed by atoms with Gasteiger partial charge in [-0.15, -0.1) is 0 Å².